The summed E-state index contributed by atoms with van der Waals surface area (Å²) in [4.78, 5) is 13.4. The van der Waals surface area contributed by atoms with E-state index in [4.69, 9.17) is 0 Å². The van der Waals surface area contributed by atoms with Crippen LogP contribution in [-0.2, 0) is 6.42 Å². The van der Waals surface area contributed by atoms with Crippen molar-refractivity contribution in [1.82, 2.24) is 5.43 Å². The Morgan fingerprint density at radius 2 is 2.09 bits per heavy atom. The Balaban J connectivity index is 1.75. The third-order valence-electron chi connectivity index (χ3n) is 3.93. The first kappa shape index (κ1) is 15.0. The lowest BCUT2D eigenvalue weighted by molar-refractivity contribution is 0.0955. The quantitative estimate of drug-likeness (QED) is 0.842. The van der Waals surface area contributed by atoms with Crippen molar-refractivity contribution in [3.8, 4) is 0 Å². The monoisotopic (exact) mass is 312 g/mol. The van der Waals surface area contributed by atoms with E-state index in [1.807, 2.05) is 17.5 Å². The summed E-state index contributed by atoms with van der Waals surface area (Å²) >= 11 is 1.63. The summed E-state index contributed by atoms with van der Waals surface area (Å²) in [5.74, 6) is 0.321. The van der Waals surface area contributed by atoms with Gasteiger partial charge in [0.15, 0.2) is 0 Å². The van der Waals surface area contributed by atoms with E-state index in [1.54, 1.807) is 11.3 Å². The molecule has 0 unspecified atom stereocenters. The number of thiophene rings is 1. The van der Waals surface area contributed by atoms with Gasteiger partial charge in [0.2, 0.25) is 0 Å². The number of hydrogen-bond donors (Lipinski definition) is 1. The fourth-order valence-electron chi connectivity index (χ4n) is 2.67. The van der Waals surface area contributed by atoms with E-state index in [2.05, 4.69) is 42.6 Å². The first-order valence-electron chi connectivity index (χ1n) is 7.69. The lowest BCUT2D eigenvalue weighted by Gasteiger charge is -2.17. The summed E-state index contributed by atoms with van der Waals surface area (Å²) in [5, 5.41) is 6.28. The van der Waals surface area contributed by atoms with Crippen molar-refractivity contribution in [1.29, 1.82) is 0 Å². The van der Waals surface area contributed by atoms with E-state index in [9.17, 15) is 4.79 Å². The molecule has 1 aromatic carbocycles. The van der Waals surface area contributed by atoms with E-state index >= 15 is 0 Å². The Kier molecular flexibility index (Phi) is 4.39. The van der Waals surface area contributed by atoms with Crippen molar-refractivity contribution in [3.05, 3.63) is 57.3 Å². The van der Waals surface area contributed by atoms with Gasteiger partial charge < -0.3 is 0 Å². The van der Waals surface area contributed by atoms with E-state index in [1.165, 1.54) is 16.0 Å². The van der Waals surface area contributed by atoms with Crippen molar-refractivity contribution in [2.24, 2.45) is 5.10 Å². The average molecular weight is 312 g/mol. The molecular weight excluding hydrogens is 292 g/mol. The maximum Gasteiger partial charge on any atom is 0.272 e. The third kappa shape index (κ3) is 3.12. The van der Waals surface area contributed by atoms with Gasteiger partial charge in [-0.3, -0.25) is 4.79 Å². The minimum Gasteiger partial charge on any atom is -0.267 e. The number of nitrogens with one attached hydrogen (secondary N) is 1. The van der Waals surface area contributed by atoms with Gasteiger partial charge in [0.1, 0.15) is 0 Å². The number of carbonyl (C=O) groups is 1. The van der Waals surface area contributed by atoms with E-state index < -0.39 is 0 Å². The Bertz CT molecular complexity index is 715. The molecule has 1 heterocycles. The summed E-state index contributed by atoms with van der Waals surface area (Å²) in [6.07, 6.45) is 3.09. The van der Waals surface area contributed by atoms with E-state index in [-0.39, 0.29) is 5.91 Å². The van der Waals surface area contributed by atoms with Crippen molar-refractivity contribution in [3.63, 3.8) is 0 Å². The number of amides is 1. The lowest BCUT2D eigenvalue weighted by Crippen LogP contribution is -2.21. The Morgan fingerprint density at radius 3 is 2.86 bits per heavy atom. The number of benzene rings is 1. The van der Waals surface area contributed by atoms with Crippen LogP contribution in [0.5, 0.6) is 0 Å². The summed E-state index contributed by atoms with van der Waals surface area (Å²) in [5.41, 5.74) is 6.88. The molecule has 1 aliphatic carbocycles. The van der Waals surface area contributed by atoms with Gasteiger partial charge in [-0.15, -0.1) is 11.3 Å². The highest BCUT2D eigenvalue weighted by Gasteiger charge is 2.16. The fourth-order valence-corrected chi connectivity index (χ4v) is 3.58. The maximum absolute atomic E-state index is 12.2. The largest absolute Gasteiger partial charge is 0.272 e. The average Bonchev–Trinajstić information content (AvgIpc) is 3.03. The van der Waals surface area contributed by atoms with Crippen LogP contribution < -0.4 is 5.43 Å². The van der Waals surface area contributed by atoms with Crippen LogP contribution in [0, 0.1) is 0 Å². The number of aryl methyl sites for hydroxylation is 1. The second kappa shape index (κ2) is 6.44. The molecule has 4 heteroatoms. The molecule has 0 radical (unpaired) electrons. The number of fused-ring (bicyclic) bond motifs is 1. The van der Waals surface area contributed by atoms with Gasteiger partial charge in [0.05, 0.1) is 11.3 Å². The first-order chi connectivity index (χ1) is 10.6. The van der Waals surface area contributed by atoms with Crippen molar-refractivity contribution >= 4 is 23.0 Å². The van der Waals surface area contributed by atoms with E-state index in [0.717, 1.165) is 25.0 Å². The highest BCUT2D eigenvalue weighted by atomic mass is 32.1. The van der Waals surface area contributed by atoms with Crippen LogP contribution in [0.2, 0.25) is 0 Å². The Morgan fingerprint density at radius 1 is 1.27 bits per heavy atom. The van der Waals surface area contributed by atoms with Gasteiger partial charge in [-0.2, -0.15) is 5.10 Å². The lowest BCUT2D eigenvalue weighted by atomic mass is 9.90. The smallest absolute Gasteiger partial charge is 0.267 e. The highest BCUT2D eigenvalue weighted by molar-refractivity contribution is 7.10. The van der Waals surface area contributed by atoms with Crippen molar-refractivity contribution < 1.29 is 4.79 Å². The zero-order valence-electron chi connectivity index (χ0n) is 12.9. The normalized spacial score (nSPS) is 15.9. The molecule has 3 rings (SSSR count). The molecule has 0 saturated heterocycles. The van der Waals surface area contributed by atoms with Crippen LogP contribution in [-0.4, -0.2) is 11.6 Å². The number of carbonyl (C=O) groups excluding carboxylic acids is 1. The second-order valence-electron chi connectivity index (χ2n) is 5.90. The van der Waals surface area contributed by atoms with Crippen LogP contribution in [0.15, 0.2) is 40.8 Å². The molecule has 114 valence electrons. The minimum absolute atomic E-state index is 0.126. The molecular formula is C18H20N2OS. The molecule has 1 amide bonds. The number of nitrogens with zero attached hydrogens (tertiary/aromatic N) is 1. The Hall–Kier alpha value is -1.94. The second-order valence-corrected chi connectivity index (χ2v) is 6.85. The molecule has 0 atom stereocenters. The summed E-state index contributed by atoms with van der Waals surface area (Å²) < 4.78 is 0. The van der Waals surface area contributed by atoms with Crippen LogP contribution in [0.25, 0.3) is 0 Å². The Labute approximate surface area is 135 Å². The molecule has 0 saturated carbocycles. The number of hydrazone groups is 1. The topological polar surface area (TPSA) is 41.5 Å². The molecule has 0 fully saturated rings. The third-order valence-corrected chi connectivity index (χ3v) is 5.16. The van der Waals surface area contributed by atoms with Gasteiger partial charge in [-0.25, -0.2) is 5.43 Å². The van der Waals surface area contributed by atoms with Gasteiger partial charge in [0, 0.05) is 15.8 Å². The highest BCUT2D eigenvalue weighted by Crippen LogP contribution is 2.23. The molecule has 2 aromatic rings. The van der Waals surface area contributed by atoms with Crippen LogP contribution in [0.4, 0.5) is 0 Å². The fraction of sp³-hybridized carbons (Fsp3) is 0.333. The molecule has 1 aromatic heterocycles. The molecule has 0 spiro atoms. The summed E-state index contributed by atoms with van der Waals surface area (Å²) in [7, 11) is 0. The molecule has 1 N–H and O–H groups in total. The van der Waals surface area contributed by atoms with Gasteiger partial charge in [-0.1, -0.05) is 38.1 Å². The van der Waals surface area contributed by atoms with Gasteiger partial charge in [-0.05, 0) is 36.8 Å². The number of rotatable bonds is 3. The number of hydrogen-bond acceptors (Lipinski definition) is 3. The van der Waals surface area contributed by atoms with E-state index in [0.29, 0.717) is 11.5 Å². The molecule has 1 aliphatic rings. The predicted molar refractivity (Wildman–Crippen MR) is 91.8 cm³/mol. The SMILES string of the molecule is CC(C)c1cc(C(=O)N/N=C2\CCCc3ccccc32)cs1. The van der Waals surface area contributed by atoms with Crippen LogP contribution in [0.1, 0.15) is 59.0 Å². The standard InChI is InChI=1S/C18H20N2OS/c1-12(2)17-10-14(11-22-17)18(21)20-19-16-9-5-7-13-6-3-4-8-15(13)16/h3-4,6,8,10-12H,5,7,9H2,1-2H3,(H,20,21)/b19-16+. The summed E-state index contributed by atoms with van der Waals surface area (Å²) in [6.45, 7) is 4.26. The van der Waals surface area contributed by atoms with Gasteiger partial charge in [0.25, 0.3) is 5.91 Å². The van der Waals surface area contributed by atoms with Crippen molar-refractivity contribution in [2.75, 3.05) is 0 Å². The minimum atomic E-state index is -0.126. The summed E-state index contributed by atoms with van der Waals surface area (Å²) in [6, 6.07) is 10.3. The molecule has 0 aliphatic heterocycles. The van der Waals surface area contributed by atoms with Crippen molar-refractivity contribution in [2.45, 2.75) is 39.0 Å². The molecule has 0 bridgehead atoms. The van der Waals surface area contributed by atoms with Crippen LogP contribution in [0.3, 0.4) is 0 Å². The molecule has 22 heavy (non-hydrogen) atoms. The maximum atomic E-state index is 12.2. The first-order valence-corrected chi connectivity index (χ1v) is 8.56. The predicted octanol–water partition coefficient (Wildman–Crippen LogP) is 4.34. The zero-order chi connectivity index (χ0) is 15.5. The zero-order valence-corrected chi connectivity index (χ0v) is 13.7. The molecule has 3 nitrogen and oxygen atoms in total. The van der Waals surface area contributed by atoms with Gasteiger partial charge >= 0.3 is 0 Å². The van der Waals surface area contributed by atoms with Crippen LogP contribution >= 0.6 is 11.3 Å².